The Hall–Kier alpha value is -2.55. The average molecular weight is 384 g/mol. The van der Waals surface area contributed by atoms with Crippen LogP contribution < -0.4 is 4.74 Å². The van der Waals surface area contributed by atoms with Crippen molar-refractivity contribution in [1.29, 1.82) is 0 Å². The quantitative estimate of drug-likeness (QED) is 0.577. The zero-order valence-electron chi connectivity index (χ0n) is 14.4. The monoisotopic (exact) mass is 384 g/mol. The van der Waals surface area contributed by atoms with E-state index in [1.165, 1.54) is 34.5 Å². The van der Waals surface area contributed by atoms with Crippen molar-refractivity contribution in [1.82, 2.24) is 19.9 Å². The van der Waals surface area contributed by atoms with E-state index in [4.69, 9.17) is 9.47 Å². The third-order valence-electron chi connectivity index (χ3n) is 4.64. The molecule has 1 aliphatic rings. The van der Waals surface area contributed by atoms with Crippen molar-refractivity contribution in [3.05, 3.63) is 48.0 Å². The number of nitrogens with zero attached hydrogens (tertiary/aromatic N) is 3. The molecule has 8 heteroatoms. The molecule has 0 aliphatic carbocycles. The molecule has 1 aliphatic heterocycles. The van der Waals surface area contributed by atoms with Gasteiger partial charge in [0.1, 0.15) is 21.9 Å². The van der Waals surface area contributed by atoms with Crippen LogP contribution in [0.5, 0.6) is 10.9 Å². The van der Waals surface area contributed by atoms with Crippen LogP contribution in [0.25, 0.3) is 21.3 Å². The lowest BCUT2D eigenvalue weighted by atomic mass is 10.1. The van der Waals surface area contributed by atoms with Gasteiger partial charge in [-0.3, -0.25) is 4.90 Å². The number of thiazole rings is 1. The Bertz CT molecular complexity index is 1100. The Morgan fingerprint density at radius 1 is 1.26 bits per heavy atom. The summed E-state index contributed by atoms with van der Waals surface area (Å²) in [6, 6.07) is 7.30. The van der Waals surface area contributed by atoms with Crippen molar-refractivity contribution < 1.29 is 13.9 Å². The molecule has 5 rings (SSSR count). The van der Waals surface area contributed by atoms with E-state index < -0.39 is 5.82 Å². The molecule has 0 unspecified atom stereocenters. The van der Waals surface area contributed by atoms with Crippen molar-refractivity contribution in [3.8, 4) is 10.9 Å². The SMILES string of the molecule is Fc1cnc2sc(Oc3ccc4c(CN5CCOCC5)c[nH]c4c3)nc2c1. The van der Waals surface area contributed by atoms with Gasteiger partial charge in [-0.15, -0.1) is 0 Å². The van der Waals surface area contributed by atoms with Gasteiger partial charge in [-0.05, 0) is 17.7 Å². The lowest BCUT2D eigenvalue weighted by Gasteiger charge is -2.26. The average Bonchev–Trinajstić information content (AvgIpc) is 3.25. The molecule has 27 heavy (non-hydrogen) atoms. The molecule has 1 fully saturated rings. The number of halogens is 1. The van der Waals surface area contributed by atoms with E-state index in [2.05, 4.69) is 25.9 Å². The molecule has 3 aromatic heterocycles. The molecule has 1 saturated heterocycles. The number of fused-ring (bicyclic) bond motifs is 2. The van der Waals surface area contributed by atoms with Gasteiger partial charge in [-0.1, -0.05) is 11.3 Å². The molecule has 4 aromatic rings. The molecule has 1 aromatic carbocycles. The molecule has 1 N–H and O–H groups in total. The van der Waals surface area contributed by atoms with Crippen LogP contribution in [0.3, 0.4) is 0 Å². The third kappa shape index (κ3) is 3.39. The number of aromatic amines is 1. The summed E-state index contributed by atoms with van der Waals surface area (Å²) in [6.07, 6.45) is 3.24. The Balaban J connectivity index is 1.37. The van der Waals surface area contributed by atoms with Gasteiger partial charge in [0.05, 0.1) is 19.4 Å². The third-order valence-corrected chi connectivity index (χ3v) is 5.49. The minimum atomic E-state index is -0.403. The minimum absolute atomic E-state index is 0.403. The highest BCUT2D eigenvalue weighted by Crippen LogP contribution is 2.32. The number of hydrogen-bond donors (Lipinski definition) is 1. The molecular weight excluding hydrogens is 367 g/mol. The summed E-state index contributed by atoms with van der Waals surface area (Å²) in [5.74, 6) is 0.279. The van der Waals surface area contributed by atoms with Gasteiger partial charge >= 0.3 is 0 Å². The van der Waals surface area contributed by atoms with E-state index >= 15 is 0 Å². The summed E-state index contributed by atoms with van der Waals surface area (Å²) in [5, 5.41) is 1.63. The maximum absolute atomic E-state index is 13.3. The van der Waals surface area contributed by atoms with E-state index in [1.807, 2.05) is 18.3 Å². The van der Waals surface area contributed by atoms with Gasteiger partial charge in [0.2, 0.25) is 0 Å². The number of benzene rings is 1. The summed E-state index contributed by atoms with van der Waals surface area (Å²) < 4.78 is 24.5. The Kier molecular flexibility index (Phi) is 4.23. The fourth-order valence-corrected chi connectivity index (χ4v) is 4.04. The van der Waals surface area contributed by atoms with E-state index in [0.29, 0.717) is 21.3 Å². The molecule has 0 atom stereocenters. The first-order valence-corrected chi connectivity index (χ1v) is 9.56. The number of pyridine rings is 1. The van der Waals surface area contributed by atoms with Gasteiger partial charge in [0.25, 0.3) is 5.19 Å². The number of ether oxygens (including phenoxy) is 2. The lowest BCUT2D eigenvalue weighted by molar-refractivity contribution is 0.0343. The van der Waals surface area contributed by atoms with Crippen LogP contribution in [0.1, 0.15) is 5.56 Å². The summed E-state index contributed by atoms with van der Waals surface area (Å²) >= 11 is 1.29. The fourth-order valence-electron chi connectivity index (χ4n) is 3.28. The zero-order chi connectivity index (χ0) is 18.2. The Morgan fingerprint density at radius 3 is 3.04 bits per heavy atom. The maximum Gasteiger partial charge on any atom is 0.281 e. The molecule has 0 spiro atoms. The van der Waals surface area contributed by atoms with E-state index in [1.54, 1.807) is 0 Å². The highest BCUT2D eigenvalue weighted by Gasteiger charge is 2.14. The lowest BCUT2D eigenvalue weighted by Crippen LogP contribution is -2.35. The van der Waals surface area contributed by atoms with Crippen molar-refractivity contribution in [2.45, 2.75) is 6.54 Å². The standard InChI is InChI=1S/C19H17FN4O2S/c20-13-7-17-18(22-10-13)27-19(23-17)26-14-1-2-15-12(9-21-16(15)8-14)11-24-3-5-25-6-4-24/h1-2,7-10,21H,3-6,11H2. The summed E-state index contributed by atoms with van der Waals surface area (Å²) in [6.45, 7) is 4.40. The van der Waals surface area contributed by atoms with Gasteiger partial charge < -0.3 is 14.5 Å². The second-order valence-corrected chi connectivity index (χ2v) is 7.41. The van der Waals surface area contributed by atoms with Crippen molar-refractivity contribution in [3.63, 3.8) is 0 Å². The van der Waals surface area contributed by atoms with E-state index in [9.17, 15) is 4.39 Å². The number of aromatic nitrogens is 3. The number of rotatable bonds is 4. The van der Waals surface area contributed by atoms with Gasteiger partial charge in [0.15, 0.2) is 0 Å². The normalized spacial score (nSPS) is 15.6. The van der Waals surface area contributed by atoms with E-state index in [-0.39, 0.29) is 0 Å². The number of nitrogens with one attached hydrogen (secondary N) is 1. The summed E-state index contributed by atoms with van der Waals surface area (Å²) in [4.78, 5) is 14.7. The minimum Gasteiger partial charge on any atom is -0.431 e. The zero-order valence-corrected chi connectivity index (χ0v) is 15.3. The van der Waals surface area contributed by atoms with Crippen molar-refractivity contribution in [2.75, 3.05) is 26.3 Å². The molecule has 0 bridgehead atoms. The van der Waals surface area contributed by atoms with Crippen LogP contribution in [-0.2, 0) is 11.3 Å². The van der Waals surface area contributed by atoms with Gasteiger partial charge in [0, 0.05) is 48.9 Å². The molecular formula is C19H17FN4O2S. The highest BCUT2D eigenvalue weighted by molar-refractivity contribution is 7.19. The summed E-state index contributed by atoms with van der Waals surface area (Å²) in [7, 11) is 0. The highest BCUT2D eigenvalue weighted by atomic mass is 32.1. The predicted octanol–water partition coefficient (Wildman–Crippen LogP) is 3.94. The molecule has 138 valence electrons. The molecule has 0 radical (unpaired) electrons. The molecule has 6 nitrogen and oxygen atoms in total. The summed E-state index contributed by atoms with van der Waals surface area (Å²) in [5.41, 5.74) is 2.78. The first kappa shape index (κ1) is 16.6. The van der Waals surface area contributed by atoms with Crippen LogP contribution in [-0.4, -0.2) is 46.2 Å². The van der Waals surface area contributed by atoms with Crippen LogP contribution >= 0.6 is 11.3 Å². The molecule has 0 amide bonds. The number of hydrogen-bond acceptors (Lipinski definition) is 6. The number of H-pyrrole nitrogens is 1. The van der Waals surface area contributed by atoms with E-state index in [0.717, 1.165) is 38.4 Å². The van der Waals surface area contributed by atoms with Gasteiger partial charge in [-0.25, -0.2) is 14.4 Å². The first-order valence-electron chi connectivity index (χ1n) is 8.75. The Morgan fingerprint density at radius 2 is 2.15 bits per heavy atom. The van der Waals surface area contributed by atoms with Gasteiger partial charge in [-0.2, -0.15) is 0 Å². The van der Waals surface area contributed by atoms with Crippen LogP contribution in [0.2, 0.25) is 0 Å². The van der Waals surface area contributed by atoms with Crippen LogP contribution in [0.15, 0.2) is 36.7 Å². The maximum atomic E-state index is 13.3. The van der Waals surface area contributed by atoms with Crippen LogP contribution in [0, 0.1) is 5.82 Å². The largest absolute Gasteiger partial charge is 0.431 e. The molecule has 0 saturated carbocycles. The topological polar surface area (TPSA) is 63.3 Å². The van der Waals surface area contributed by atoms with Crippen LogP contribution in [0.4, 0.5) is 4.39 Å². The first-order chi connectivity index (χ1) is 13.2. The fraction of sp³-hybridized carbons (Fsp3) is 0.263. The number of morpholine rings is 1. The van der Waals surface area contributed by atoms with Crippen molar-refractivity contribution in [2.24, 2.45) is 0 Å². The predicted molar refractivity (Wildman–Crippen MR) is 102 cm³/mol. The second kappa shape index (κ2) is 6.88. The smallest absolute Gasteiger partial charge is 0.281 e. The van der Waals surface area contributed by atoms with Crippen molar-refractivity contribution >= 4 is 32.6 Å². The second-order valence-electron chi connectivity index (χ2n) is 6.47. The molecule has 4 heterocycles. The Labute approximate surface area is 158 Å².